The summed E-state index contributed by atoms with van der Waals surface area (Å²) in [6.07, 6.45) is 7.10. The molecule has 0 amide bonds. The number of alkyl halides is 1. The molecule has 0 aromatic rings. The van der Waals surface area contributed by atoms with E-state index in [1.54, 1.807) is 0 Å². The number of hydrogen-bond acceptors (Lipinski definition) is 1. The summed E-state index contributed by atoms with van der Waals surface area (Å²) in [5.41, 5.74) is 0. The predicted molar refractivity (Wildman–Crippen MR) is 54.7 cm³/mol. The van der Waals surface area contributed by atoms with Gasteiger partial charge in [0.05, 0.1) is 0 Å². The Morgan fingerprint density at radius 3 is 2.33 bits per heavy atom. The quantitative estimate of drug-likeness (QED) is 0.463. The molecule has 12 heavy (non-hydrogen) atoms. The standard InChI is InChI=1S/C10H21ClO/c1-10(7-5-9-12)6-3-2-4-8-11/h10,12H,2-9H2,1H3/t10-/m0/s1. The van der Waals surface area contributed by atoms with Crippen LogP contribution in [0.25, 0.3) is 0 Å². The lowest BCUT2D eigenvalue weighted by Gasteiger charge is -2.09. The van der Waals surface area contributed by atoms with Gasteiger partial charge in [0.25, 0.3) is 0 Å². The van der Waals surface area contributed by atoms with Gasteiger partial charge in [0.15, 0.2) is 0 Å². The van der Waals surface area contributed by atoms with Crippen molar-refractivity contribution in [1.29, 1.82) is 0 Å². The van der Waals surface area contributed by atoms with E-state index in [0.29, 0.717) is 6.61 Å². The highest BCUT2D eigenvalue weighted by Gasteiger charge is 2.00. The largest absolute Gasteiger partial charge is 0.396 e. The summed E-state index contributed by atoms with van der Waals surface area (Å²) in [4.78, 5) is 0. The summed E-state index contributed by atoms with van der Waals surface area (Å²) in [6.45, 7) is 2.60. The molecule has 0 rings (SSSR count). The maximum atomic E-state index is 8.61. The Bertz CT molecular complexity index is 85.9. The van der Waals surface area contributed by atoms with Gasteiger partial charge < -0.3 is 5.11 Å². The van der Waals surface area contributed by atoms with Crippen LogP contribution in [-0.2, 0) is 0 Å². The smallest absolute Gasteiger partial charge is 0.0431 e. The van der Waals surface area contributed by atoms with E-state index in [0.717, 1.165) is 31.1 Å². The van der Waals surface area contributed by atoms with E-state index < -0.39 is 0 Å². The first-order valence-corrected chi connectivity index (χ1v) is 5.51. The van der Waals surface area contributed by atoms with Gasteiger partial charge in [-0.25, -0.2) is 0 Å². The predicted octanol–water partition coefficient (Wildman–Crippen LogP) is 3.19. The summed E-state index contributed by atoms with van der Waals surface area (Å²) >= 11 is 5.57. The molecule has 0 aromatic carbocycles. The van der Waals surface area contributed by atoms with Crippen molar-refractivity contribution in [3.8, 4) is 0 Å². The fourth-order valence-corrected chi connectivity index (χ4v) is 1.54. The van der Waals surface area contributed by atoms with Crippen LogP contribution in [0.2, 0.25) is 0 Å². The Morgan fingerprint density at radius 2 is 1.75 bits per heavy atom. The van der Waals surface area contributed by atoms with Crippen LogP contribution in [-0.4, -0.2) is 17.6 Å². The van der Waals surface area contributed by atoms with Crippen molar-refractivity contribution in [2.45, 2.75) is 45.4 Å². The van der Waals surface area contributed by atoms with E-state index >= 15 is 0 Å². The van der Waals surface area contributed by atoms with Crippen molar-refractivity contribution >= 4 is 11.6 Å². The highest BCUT2D eigenvalue weighted by atomic mass is 35.5. The maximum absolute atomic E-state index is 8.61. The first kappa shape index (κ1) is 12.2. The van der Waals surface area contributed by atoms with Gasteiger partial charge in [-0.05, 0) is 25.2 Å². The second-order valence-electron chi connectivity index (χ2n) is 3.51. The third kappa shape index (κ3) is 8.35. The Hall–Kier alpha value is 0.250. The van der Waals surface area contributed by atoms with Gasteiger partial charge in [0.2, 0.25) is 0 Å². The molecular weight excluding hydrogens is 172 g/mol. The molecule has 1 nitrogen and oxygen atoms in total. The molecule has 0 aromatic heterocycles. The highest BCUT2D eigenvalue weighted by Crippen LogP contribution is 2.14. The number of halogens is 1. The molecule has 0 aliphatic heterocycles. The van der Waals surface area contributed by atoms with Gasteiger partial charge in [0, 0.05) is 12.5 Å². The Labute approximate surface area is 81.1 Å². The summed E-state index contributed by atoms with van der Waals surface area (Å²) in [6, 6.07) is 0. The van der Waals surface area contributed by atoms with Gasteiger partial charge in [-0.1, -0.05) is 26.2 Å². The monoisotopic (exact) mass is 192 g/mol. The van der Waals surface area contributed by atoms with Gasteiger partial charge in [-0.3, -0.25) is 0 Å². The van der Waals surface area contributed by atoms with E-state index in [9.17, 15) is 0 Å². The second-order valence-corrected chi connectivity index (χ2v) is 3.89. The van der Waals surface area contributed by atoms with Crippen molar-refractivity contribution < 1.29 is 5.11 Å². The molecule has 0 aliphatic carbocycles. The van der Waals surface area contributed by atoms with E-state index in [-0.39, 0.29) is 0 Å². The molecule has 74 valence electrons. The van der Waals surface area contributed by atoms with Crippen LogP contribution in [0.15, 0.2) is 0 Å². The van der Waals surface area contributed by atoms with E-state index in [1.807, 2.05) is 0 Å². The van der Waals surface area contributed by atoms with E-state index in [1.165, 1.54) is 19.3 Å². The Balaban J connectivity index is 3.02. The summed E-state index contributed by atoms with van der Waals surface area (Å²) < 4.78 is 0. The number of unbranched alkanes of at least 4 members (excludes halogenated alkanes) is 2. The molecule has 0 spiro atoms. The van der Waals surface area contributed by atoms with E-state index in [2.05, 4.69) is 6.92 Å². The van der Waals surface area contributed by atoms with Crippen molar-refractivity contribution in [3.05, 3.63) is 0 Å². The van der Waals surface area contributed by atoms with Crippen molar-refractivity contribution in [3.63, 3.8) is 0 Å². The lowest BCUT2D eigenvalue weighted by molar-refractivity contribution is 0.271. The molecule has 0 aliphatic rings. The first-order valence-electron chi connectivity index (χ1n) is 4.98. The first-order chi connectivity index (χ1) is 5.81. The molecule has 0 fully saturated rings. The molecule has 0 heterocycles. The average Bonchev–Trinajstić information content (AvgIpc) is 2.09. The van der Waals surface area contributed by atoms with Gasteiger partial charge in [-0.2, -0.15) is 0 Å². The minimum absolute atomic E-state index is 0.339. The van der Waals surface area contributed by atoms with Crippen LogP contribution in [0.1, 0.15) is 45.4 Å². The normalized spacial score (nSPS) is 13.2. The minimum Gasteiger partial charge on any atom is -0.396 e. The zero-order chi connectivity index (χ0) is 9.23. The molecule has 0 unspecified atom stereocenters. The van der Waals surface area contributed by atoms with Gasteiger partial charge >= 0.3 is 0 Å². The van der Waals surface area contributed by atoms with Gasteiger partial charge in [0.1, 0.15) is 0 Å². The van der Waals surface area contributed by atoms with Crippen LogP contribution in [0.3, 0.4) is 0 Å². The molecule has 0 bridgehead atoms. The van der Waals surface area contributed by atoms with Crippen LogP contribution < -0.4 is 0 Å². The van der Waals surface area contributed by atoms with Crippen LogP contribution in [0.5, 0.6) is 0 Å². The van der Waals surface area contributed by atoms with Gasteiger partial charge in [-0.15, -0.1) is 11.6 Å². The van der Waals surface area contributed by atoms with E-state index in [4.69, 9.17) is 16.7 Å². The lowest BCUT2D eigenvalue weighted by Crippen LogP contribution is -1.96. The van der Waals surface area contributed by atoms with Crippen molar-refractivity contribution in [2.75, 3.05) is 12.5 Å². The molecule has 0 saturated heterocycles. The summed E-state index contributed by atoms with van der Waals surface area (Å²) in [5, 5.41) is 8.61. The zero-order valence-corrected chi connectivity index (χ0v) is 8.82. The van der Waals surface area contributed by atoms with Crippen LogP contribution in [0, 0.1) is 5.92 Å². The fourth-order valence-electron chi connectivity index (χ4n) is 1.35. The number of aliphatic hydroxyl groups excluding tert-OH is 1. The third-order valence-electron chi connectivity index (χ3n) is 2.19. The highest BCUT2D eigenvalue weighted by molar-refractivity contribution is 6.17. The number of rotatable bonds is 8. The number of aliphatic hydroxyl groups is 1. The SMILES string of the molecule is C[C@H](CCCO)CCCCCCl. The van der Waals surface area contributed by atoms with Crippen molar-refractivity contribution in [2.24, 2.45) is 5.92 Å². The molecule has 0 radical (unpaired) electrons. The van der Waals surface area contributed by atoms with Crippen LogP contribution >= 0.6 is 11.6 Å². The van der Waals surface area contributed by atoms with Crippen LogP contribution in [0.4, 0.5) is 0 Å². The molecule has 0 saturated carbocycles. The zero-order valence-electron chi connectivity index (χ0n) is 8.06. The Kier molecular flexibility index (Phi) is 9.53. The maximum Gasteiger partial charge on any atom is 0.0431 e. The minimum atomic E-state index is 0.339. The lowest BCUT2D eigenvalue weighted by atomic mass is 9.99. The average molecular weight is 193 g/mol. The molecule has 2 heteroatoms. The third-order valence-corrected chi connectivity index (χ3v) is 2.45. The summed E-state index contributed by atoms with van der Waals surface area (Å²) in [5.74, 6) is 1.57. The second kappa shape index (κ2) is 9.34. The number of hydrogen-bond donors (Lipinski definition) is 1. The Morgan fingerprint density at radius 1 is 1.08 bits per heavy atom. The molecule has 1 N–H and O–H groups in total. The summed E-state index contributed by atoms with van der Waals surface area (Å²) in [7, 11) is 0. The molecule has 1 atom stereocenters. The molecular formula is C10H21ClO. The van der Waals surface area contributed by atoms with Crippen molar-refractivity contribution in [1.82, 2.24) is 0 Å². The topological polar surface area (TPSA) is 20.2 Å². The fraction of sp³-hybridized carbons (Fsp3) is 1.00.